The molecule has 0 fully saturated rings. The second-order valence-electron chi connectivity index (χ2n) is 5.36. The zero-order chi connectivity index (χ0) is 15.7. The molecule has 22 heavy (non-hydrogen) atoms. The molecule has 0 unspecified atom stereocenters. The summed E-state index contributed by atoms with van der Waals surface area (Å²) < 4.78 is 0. The molecule has 0 aliphatic rings. The van der Waals surface area contributed by atoms with E-state index in [1.54, 1.807) is 18.3 Å². The first-order valence-corrected chi connectivity index (χ1v) is 7.10. The molecule has 112 valence electrons. The van der Waals surface area contributed by atoms with E-state index >= 15 is 0 Å². The SMILES string of the molecule is Cc1ccc2cc(CNc3ccc[nH]c3=O)c(=O)[nH]c2c1C. The van der Waals surface area contributed by atoms with Crippen molar-refractivity contribution in [1.29, 1.82) is 0 Å². The summed E-state index contributed by atoms with van der Waals surface area (Å²) in [5, 5.41) is 3.98. The highest BCUT2D eigenvalue weighted by atomic mass is 16.1. The molecule has 5 nitrogen and oxygen atoms in total. The molecule has 2 heterocycles. The second kappa shape index (κ2) is 5.52. The van der Waals surface area contributed by atoms with E-state index in [4.69, 9.17) is 0 Å². The van der Waals surface area contributed by atoms with E-state index in [2.05, 4.69) is 15.3 Å². The minimum Gasteiger partial charge on any atom is -0.376 e. The fourth-order valence-corrected chi connectivity index (χ4v) is 2.45. The van der Waals surface area contributed by atoms with E-state index in [9.17, 15) is 9.59 Å². The topological polar surface area (TPSA) is 77.8 Å². The molecule has 1 aromatic carbocycles. The lowest BCUT2D eigenvalue weighted by Gasteiger charge is -2.09. The summed E-state index contributed by atoms with van der Waals surface area (Å²) in [5.41, 5.74) is 3.79. The van der Waals surface area contributed by atoms with Crippen LogP contribution in [0.15, 0.2) is 46.1 Å². The lowest BCUT2D eigenvalue weighted by molar-refractivity contribution is 1.07. The van der Waals surface area contributed by atoms with Gasteiger partial charge in [0.1, 0.15) is 5.69 Å². The molecule has 0 saturated carbocycles. The van der Waals surface area contributed by atoms with Gasteiger partial charge >= 0.3 is 0 Å². The standard InChI is InChI=1S/C17H17N3O2/c1-10-5-6-12-8-13(16(21)20-15(12)11(10)2)9-19-14-4-3-7-18-17(14)22/h3-8,19H,9H2,1-2H3,(H,18,22)(H,20,21). The predicted octanol–water partition coefficient (Wildman–Crippen LogP) is 2.45. The van der Waals surface area contributed by atoms with E-state index < -0.39 is 0 Å². The van der Waals surface area contributed by atoms with Crippen LogP contribution in [-0.2, 0) is 6.54 Å². The Morgan fingerprint density at radius 1 is 1.09 bits per heavy atom. The lowest BCUT2D eigenvalue weighted by atomic mass is 10.0. The van der Waals surface area contributed by atoms with Crippen molar-refractivity contribution < 1.29 is 0 Å². The maximum Gasteiger partial charge on any atom is 0.271 e. The minimum atomic E-state index is -0.203. The third-order valence-corrected chi connectivity index (χ3v) is 3.92. The van der Waals surface area contributed by atoms with Crippen molar-refractivity contribution in [2.45, 2.75) is 20.4 Å². The molecule has 0 amide bonds. The van der Waals surface area contributed by atoms with E-state index in [1.807, 2.05) is 32.0 Å². The fraction of sp³-hybridized carbons (Fsp3) is 0.176. The molecule has 0 spiro atoms. The molecule has 0 saturated heterocycles. The number of H-pyrrole nitrogens is 2. The molecule has 0 atom stereocenters. The van der Waals surface area contributed by atoms with Crippen molar-refractivity contribution in [3.8, 4) is 0 Å². The van der Waals surface area contributed by atoms with Crippen LogP contribution in [-0.4, -0.2) is 9.97 Å². The van der Waals surface area contributed by atoms with E-state index in [0.717, 1.165) is 22.0 Å². The number of aryl methyl sites for hydroxylation is 2. The third kappa shape index (κ3) is 2.53. The van der Waals surface area contributed by atoms with Crippen molar-refractivity contribution in [2.24, 2.45) is 0 Å². The molecule has 3 N–H and O–H groups in total. The number of hydrogen-bond acceptors (Lipinski definition) is 3. The van der Waals surface area contributed by atoms with Crippen LogP contribution in [0, 0.1) is 13.8 Å². The van der Waals surface area contributed by atoms with Gasteiger partial charge in [0.2, 0.25) is 0 Å². The molecule has 3 rings (SSSR count). The third-order valence-electron chi connectivity index (χ3n) is 3.92. The van der Waals surface area contributed by atoms with Crippen LogP contribution < -0.4 is 16.4 Å². The Kier molecular flexibility index (Phi) is 3.55. The summed E-state index contributed by atoms with van der Waals surface area (Å²) in [6, 6.07) is 9.31. The van der Waals surface area contributed by atoms with Gasteiger partial charge < -0.3 is 15.3 Å². The lowest BCUT2D eigenvalue weighted by Crippen LogP contribution is -2.19. The average Bonchev–Trinajstić information content (AvgIpc) is 2.51. The molecule has 2 aromatic heterocycles. The highest BCUT2D eigenvalue weighted by molar-refractivity contribution is 5.83. The normalized spacial score (nSPS) is 10.8. The Balaban J connectivity index is 1.97. The van der Waals surface area contributed by atoms with Crippen molar-refractivity contribution in [3.05, 3.63) is 73.9 Å². The average molecular weight is 295 g/mol. The van der Waals surface area contributed by atoms with E-state index in [1.165, 1.54) is 0 Å². The first-order chi connectivity index (χ1) is 10.6. The molecular weight excluding hydrogens is 278 g/mol. The summed E-state index contributed by atoms with van der Waals surface area (Å²) in [6.45, 7) is 4.31. The van der Waals surface area contributed by atoms with Crippen LogP contribution in [0.2, 0.25) is 0 Å². The van der Waals surface area contributed by atoms with Crippen LogP contribution in [0.3, 0.4) is 0 Å². The van der Waals surface area contributed by atoms with Gasteiger partial charge in [-0.15, -0.1) is 0 Å². The Bertz CT molecular complexity index is 954. The number of rotatable bonds is 3. The van der Waals surface area contributed by atoms with Gasteiger partial charge in [0, 0.05) is 18.3 Å². The Hall–Kier alpha value is -2.82. The first-order valence-electron chi connectivity index (χ1n) is 7.10. The van der Waals surface area contributed by atoms with Gasteiger partial charge in [0.25, 0.3) is 11.1 Å². The fourth-order valence-electron chi connectivity index (χ4n) is 2.45. The van der Waals surface area contributed by atoms with E-state index in [-0.39, 0.29) is 11.1 Å². The van der Waals surface area contributed by atoms with Gasteiger partial charge in [-0.25, -0.2) is 0 Å². The van der Waals surface area contributed by atoms with Crippen molar-refractivity contribution in [2.75, 3.05) is 5.32 Å². The molecular formula is C17H17N3O2. The summed E-state index contributed by atoms with van der Waals surface area (Å²) in [5.74, 6) is 0. The molecule has 0 aliphatic carbocycles. The van der Waals surface area contributed by atoms with Crippen molar-refractivity contribution in [3.63, 3.8) is 0 Å². The maximum atomic E-state index is 12.2. The van der Waals surface area contributed by atoms with Crippen molar-refractivity contribution in [1.82, 2.24) is 9.97 Å². The Morgan fingerprint density at radius 2 is 1.91 bits per heavy atom. The summed E-state index contributed by atoms with van der Waals surface area (Å²) >= 11 is 0. The van der Waals surface area contributed by atoms with Gasteiger partial charge in [0.15, 0.2) is 0 Å². The molecule has 3 aromatic rings. The summed E-state index contributed by atoms with van der Waals surface area (Å²) in [6.07, 6.45) is 1.57. The second-order valence-corrected chi connectivity index (χ2v) is 5.36. The minimum absolute atomic E-state index is 0.138. The van der Waals surface area contributed by atoms with Crippen LogP contribution in [0.4, 0.5) is 5.69 Å². The molecule has 0 aliphatic heterocycles. The quantitative estimate of drug-likeness (QED) is 0.694. The number of hydrogen-bond donors (Lipinski definition) is 3. The number of fused-ring (bicyclic) bond motifs is 1. The first kappa shape index (κ1) is 14.1. The Morgan fingerprint density at radius 3 is 2.68 bits per heavy atom. The predicted molar refractivity (Wildman–Crippen MR) is 88.4 cm³/mol. The number of aromatic nitrogens is 2. The van der Waals surface area contributed by atoms with Gasteiger partial charge in [-0.1, -0.05) is 12.1 Å². The highest BCUT2D eigenvalue weighted by Gasteiger charge is 2.07. The zero-order valence-corrected chi connectivity index (χ0v) is 12.5. The van der Waals surface area contributed by atoms with Gasteiger partial charge in [-0.05, 0) is 48.6 Å². The number of nitrogens with one attached hydrogen (secondary N) is 3. The number of anilines is 1. The molecule has 0 radical (unpaired) electrons. The maximum absolute atomic E-state index is 12.2. The summed E-state index contributed by atoms with van der Waals surface area (Å²) in [4.78, 5) is 29.4. The van der Waals surface area contributed by atoms with Gasteiger partial charge in [-0.3, -0.25) is 9.59 Å². The van der Waals surface area contributed by atoms with E-state index in [0.29, 0.717) is 17.8 Å². The smallest absolute Gasteiger partial charge is 0.271 e. The molecule has 0 bridgehead atoms. The van der Waals surface area contributed by atoms with Crippen LogP contribution in [0.5, 0.6) is 0 Å². The van der Waals surface area contributed by atoms with Crippen LogP contribution in [0.25, 0.3) is 10.9 Å². The number of pyridine rings is 2. The van der Waals surface area contributed by atoms with Crippen molar-refractivity contribution >= 4 is 16.6 Å². The van der Waals surface area contributed by atoms with Gasteiger partial charge in [0.05, 0.1) is 5.52 Å². The van der Waals surface area contributed by atoms with Gasteiger partial charge in [-0.2, -0.15) is 0 Å². The zero-order valence-electron chi connectivity index (χ0n) is 12.5. The molecule has 5 heteroatoms. The Labute approximate surface area is 127 Å². The highest BCUT2D eigenvalue weighted by Crippen LogP contribution is 2.19. The van der Waals surface area contributed by atoms with Crippen LogP contribution >= 0.6 is 0 Å². The monoisotopic (exact) mass is 295 g/mol. The largest absolute Gasteiger partial charge is 0.376 e. The van der Waals surface area contributed by atoms with Crippen LogP contribution in [0.1, 0.15) is 16.7 Å². The number of benzene rings is 1. The number of aromatic amines is 2. The summed E-state index contributed by atoms with van der Waals surface area (Å²) in [7, 11) is 0.